The third kappa shape index (κ3) is 5.49. The average molecular weight is 303 g/mol. The smallest absolute Gasteiger partial charge is 0.433 e. The van der Waals surface area contributed by atoms with Crippen molar-refractivity contribution in [3.05, 3.63) is 11.8 Å². The number of rotatable bonds is 5. The van der Waals surface area contributed by atoms with E-state index in [0.717, 1.165) is 0 Å². The van der Waals surface area contributed by atoms with Gasteiger partial charge < -0.3 is 10.1 Å². The van der Waals surface area contributed by atoms with Gasteiger partial charge >= 0.3 is 12.4 Å². The van der Waals surface area contributed by atoms with Gasteiger partial charge in [-0.2, -0.15) is 31.3 Å². The van der Waals surface area contributed by atoms with E-state index < -0.39 is 37.0 Å². The van der Waals surface area contributed by atoms with Gasteiger partial charge in [-0.1, -0.05) is 0 Å². The third-order valence-electron chi connectivity index (χ3n) is 1.96. The van der Waals surface area contributed by atoms with E-state index in [9.17, 15) is 26.3 Å². The van der Waals surface area contributed by atoms with Crippen molar-refractivity contribution < 1.29 is 31.1 Å². The van der Waals surface area contributed by atoms with Gasteiger partial charge in [-0.25, -0.2) is 4.98 Å². The minimum atomic E-state index is -4.74. The standard InChI is InChI=1S/C10H11F6N3O/c1-2-17-8-18-6(10(14,15)16)5-7(19-8)20-4-3-9(11,12)13/h5H,2-4H2,1H3,(H,17,18,19). The number of aromatic nitrogens is 2. The average Bonchev–Trinajstić information content (AvgIpc) is 2.26. The van der Waals surface area contributed by atoms with Crippen LogP contribution in [0.5, 0.6) is 5.88 Å². The fraction of sp³-hybridized carbons (Fsp3) is 0.600. The normalized spacial score (nSPS) is 12.3. The summed E-state index contributed by atoms with van der Waals surface area (Å²) in [6, 6.07) is 0.456. The zero-order valence-electron chi connectivity index (χ0n) is 10.3. The highest BCUT2D eigenvalue weighted by molar-refractivity contribution is 5.31. The van der Waals surface area contributed by atoms with Crippen LogP contribution in [-0.4, -0.2) is 29.3 Å². The molecule has 0 aliphatic carbocycles. The highest BCUT2D eigenvalue weighted by Crippen LogP contribution is 2.30. The Balaban J connectivity index is 2.86. The van der Waals surface area contributed by atoms with Crippen molar-refractivity contribution in [1.29, 1.82) is 0 Å². The Labute approximate surface area is 110 Å². The van der Waals surface area contributed by atoms with Crippen molar-refractivity contribution in [2.75, 3.05) is 18.5 Å². The lowest BCUT2D eigenvalue weighted by Crippen LogP contribution is -2.16. The zero-order valence-corrected chi connectivity index (χ0v) is 10.3. The Morgan fingerprint density at radius 1 is 1.15 bits per heavy atom. The second-order valence-electron chi connectivity index (χ2n) is 3.66. The van der Waals surface area contributed by atoms with Crippen molar-refractivity contribution in [2.45, 2.75) is 25.7 Å². The molecule has 0 radical (unpaired) electrons. The van der Waals surface area contributed by atoms with E-state index in [0.29, 0.717) is 6.07 Å². The SMILES string of the molecule is CCNc1nc(OCCC(F)(F)F)cc(C(F)(F)F)n1. The minimum absolute atomic E-state index is 0.253. The largest absolute Gasteiger partial charge is 0.477 e. The maximum atomic E-state index is 12.5. The monoisotopic (exact) mass is 303 g/mol. The van der Waals surface area contributed by atoms with Gasteiger partial charge in [-0.05, 0) is 6.92 Å². The van der Waals surface area contributed by atoms with E-state index >= 15 is 0 Å². The van der Waals surface area contributed by atoms with E-state index in [2.05, 4.69) is 20.0 Å². The van der Waals surface area contributed by atoms with Gasteiger partial charge in [0, 0.05) is 12.6 Å². The van der Waals surface area contributed by atoms with E-state index in [1.54, 1.807) is 6.92 Å². The van der Waals surface area contributed by atoms with Gasteiger partial charge in [0.2, 0.25) is 11.8 Å². The number of ether oxygens (including phenoxy) is 1. The highest BCUT2D eigenvalue weighted by atomic mass is 19.4. The number of hydrogen-bond donors (Lipinski definition) is 1. The first-order valence-corrected chi connectivity index (χ1v) is 5.51. The van der Waals surface area contributed by atoms with Crippen LogP contribution in [0.15, 0.2) is 6.07 Å². The van der Waals surface area contributed by atoms with Crippen LogP contribution in [0.25, 0.3) is 0 Å². The first-order chi connectivity index (χ1) is 9.12. The molecular formula is C10H11F6N3O. The molecule has 0 amide bonds. The summed E-state index contributed by atoms with van der Waals surface area (Å²) in [4.78, 5) is 6.75. The summed E-state index contributed by atoms with van der Waals surface area (Å²) in [5, 5.41) is 2.44. The molecule has 0 spiro atoms. The number of nitrogens with zero attached hydrogens (tertiary/aromatic N) is 2. The Hall–Kier alpha value is -1.74. The first-order valence-electron chi connectivity index (χ1n) is 5.51. The van der Waals surface area contributed by atoms with Gasteiger partial charge in [-0.15, -0.1) is 0 Å². The second kappa shape index (κ2) is 6.14. The summed E-state index contributed by atoms with van der Waals surface area (Å²) in [6.45, 7) is 1.04. The van der Waals surface area contributed by atoms with Crippen molar-refractivity contribution >= 4 is 5.95 Å². The molecule has 0 saturated heterocycles. The van der Waals surface area contributed by atoms with Crippen molar-refractivity contribution in [3.63, 3.8) is 0 Å². The van der Waals surface area contributed by atoms with Crippen molar-refractivity contribution in [2.24, 2.45) is 0 Å². The lowest BCUT2D eigenvalue weighted by atomic mass is 10.4. The molecule has 0 unspecified atom stereocenters. The van der Waals surface area contributed by atoms with Crippen LogP contribution in [0.4, 0.5) is 32.3 Å². The van der Waals surface area contributed by atoms with Crippen LogP contribution in [0.2, 0.25) is 0 Å². The predicted molar refractivity (Wildman–Crippen MR) is 57.4 cm³/mol. The Kier molecular flexibility index (Phi) is 5.01. The highest BCUT2D eigenvalue weighted by Gasteiger charge is 2.34. The molecule has 0 aliphatic rings. The van der Waals surface area contributed by atoms with Crippen LogP contribution < -0.4 is 10.1 Å². The van der Waals surface area contributed by atoms with Crippen LogP contribution in [0.3, 0.4) is 0 Å². The van der Waals surface area contributed by atoms with Gasteiger partial charge in [-0.3, -0.25) is 0 Å². The van der Waals surface area contributed by atoms with Crippen LogP contribution >= 0.6 is 0 Å². The lowest BCUT2D eigenvalue weighted by Gasteiger charge is -2.12. The second-order valence-corrected chi connectivity index (χ2v) is 3.66. The van der Waals surface area contributed by atoms with E-state index in [-0.39, 0.29) is 12.5 Å². The van der Waals surface area contributed by atoms with Gasteiger partial charge in [0.15, 0.2) is 5.69 Å². The van der Waals surface area contributed by atoms with E-state index in [1.807, 2.05) is 0 Å². The predicted octanol–water partition coefficient (Wildman–Crippen LogP) is 3.26. The molecule has 1 rings (SSSR count). The topological polar surface area (TPSA) is 47.0 Å². The molecular weight excluding hydrogens is 292 g/mol. The number of anilines is 1. The molecule has 114 valence electrons. The first kappa shape index (κ1) is 16.3. The fourth-order valence-corrected chi connectivity index (χ4v) is 1.15. The number of halogens is 6. The summed E-state index contributed by atoms with van der Waals surface area (Å²) in [5.41, 5.74) is -1.29. The Morgan fingerprint density at radius 3 is 2.30 bits per heavy atom. The molecule has 0 aliphatic heterocycles. The maximum Gasteiger partial charge on any atom is 0.433 e. The van der Waals surface area contributed by atoms with Gasteiger partial charge in [0.05, 0.1) is 13.0 Å². The summed E-state index contributed by atoms with van der Waals surface area (Å²) in [5.74, 6) is -0.920. The summed E-state index contributed by atoms with van der Waals surface area (Å²) in [7, 11) is 0. The van der Waals surface area contributed by atoms with Crippen molar-refractivity contribution in [1.82, 2.24) is 9.97 Å². The quantitative estimate of drug-likeness (QED) is 0.848. The number of nitrogens with one attached hydrogen (secondary N) is 1. The van der Waals surface area contributed by atoms with Crippen LogP contribution in [0, 0.1) is 0 Å². The lowest BCUT2D eigenvalue weighted by molar-refractivity contribution is -0.143. The van der Waals surface area contributed by atoms with Gasteiger partial charge in [0.25, 0.3) is 0 Å². The molecule has 0 bridgehead atoms. The summed E-state index contributed by atoms with van der Waals surface area (Å²) in [6.07, 6.45) is -10.5. The number of hydrogen-bond acceptors (Lipinski definition) is 4. The molecule has 0 saturated carbocycles. The Morgan fingerprint density at radius 2 is 1.80 bits per heavy atom. The minimum Gasteiger partial charge on any atom is -0.477 e. The van der Waals surface area contributed by atoms with E-state index in [4.69, 9.17) is 0 Å². The molecule has 4 nitrogen and oxygen atoms in total. The molecule has 1 N–H and O–H groups in total. The molecule has 1 aromatic rings. The maximum absolute atomic E-state index is 12.5. The molecule has 1 aromatic heterocycles. The molecule has 0 aromatic carbocycles. The molecule has 20 heavy (non-hydrogen) atoms. The Bertz CT molecular complexity index is 446. The van der Waals surface area contributed by atoms with Crippen LogP contribution in [-0.2, 0) is 6.18 Å². The number of alkyl halides is 6. The fourth-order valence-electron chi connectivity index (χ4n) is 1.15. The van der Waals surface area contributed by atoms with Crippen molar-refractivity contribution in [3.8, 4) is 5.88 Å². The summed E-state index contributed by atoms with van der Waals surface area (Å²) < 4.78 is 78.0. The summed E-state index contributed by atoms with van der Waals surface area (Å²) >= 11 is 0. The molecule has 1 heterocycles. The molecule has 10 heteroatoms. The third-order valence-corrected chi connectivity index (χ3v) is 1.96. The van der Waals surface area contributed by atoms with Crippen LogP contribution in [0.1, 0.15) is 19.0 Å². The molecule has 0 fully saturated rings. The van der Waals surface area contributed by atoms with E-state index in [1.165, 1.54) is 0 Å². The van der Waals surface area contributed by atoms with Gasteiger partial charge in [0.1, 0.15) is 0 Å². The molecule has 0 atom stereocenters. The zero-order chi connectivity index (χ0) is 15.4.